The highest BCUT2D eigenvalue weighted by molar-refractivity contribution is 6.35. The quantitative estimate of drug-likeness (QED) is 0.716. The van der Waals surface area contributed by atoms with Crippen LogP contribution in [0.4, 0.5) is 0 Å². The van der Waals surface area contributed by atoms with Crippen molar-refractivity contribution in [3.05, 3.63) is 63.6 Å². The van der Waals surface area contributed by atoms with Gasteiger partial charge >= 0.3 is 5.97 Å². The summed E-state index contributed by atoms with van der Waals surface area (Å²) in [5, 5.41) is 3.58. The smallest absolute Gasteiger partial charge is 0.307 e. The first-order valence-corrected chi connectivity index (χ1v) is 8.65. The van der Waals surface area contributed by atoms with Crippen LogP contribution in [0.15, 0.2) is 42.5 Å². The molecule has 0 heterocycles. The predicted molar refractivity (Wildman–Crippen MR) is 101 cm³/mol. The maximum atomic E-state index is 12.3. The van der Waals surface area contributed by atoms with Crippen molar-refractivity contribution >= 4 is 35.1 Å². The Balaban J connectivity index is 2.03. The molecule has 0 aliphatic heterocycles. The summed E-state index contributed by atoms with van der Waals surface area (Å²) < 4.78 is 10.1. The third-order valence-electron chi connectivity index (χ3n) is 3.67. The lowest BCUT2D eigenvalue weighted by atomic mass is 10.0. The number of ether oxygens (including phenoxy) is 2. The Morgan fingerprint density at radius 2 is 1.81 bits per heavy atom. The molecule has 2 aromatic carbocycles. The minimum Gasteiger partial charge on any atom is -0.482 e. The fourth-order valence-corrected chi connectivity index (χ4v) is 2.74. The van der Waals surface area contributed by atoms with Gasteiger partial charge in [-0.25, -0.2) is 0 Å². The second-order valence-electron chi connectivity index (χ2n) is 5.67. The van der Waals surface area contributed by atoms with Crippen molar-refractivity contribution in [2.24, 2.45) is 0 Å². The molecule has 0 bridgehead atoms. The fraction of sp³-hybridized carbons (Fsp3) is 0.263. The van der Waals surface area contributed by atoms with Crippen LogP contribution >= 0.6 is 23.2 Å². The number of amides is 1. The van der Waals surface area contributed by atoms with Crippen molar-refractivity contribution in [1.29, 1.82) is 0 Å². The third kappa shape index (κ3) is 5.93. The van der Waals surface area contributed by atoms with Crippen molar-refractivity contribution in [1.82, 2.24) is 5.32 Å². The van der Waals surface area contributed by atoms with Crippen LogP contribution in [-0.4, -0.2) is 25.6 Å². The number of carbonyl (C=O) groups is 2. The second kappa shape index (κ2) is 9.46. The van der Waals surface area contributed by atoms with E-state index in [1.807, 2.05) is 31.2 Å². The summed E-state index contributed by atoms with van der Waals surface area (Å²) in [5.41, 5.74) is 1.89. The van der Waals surface area contributed by atoms with Crippen molar-refractivity contribution in [3.8, 4) is 5.75 Å². The molecule has 0 aliphatic rings. The molecule has 7 heteroatoms. The third-order valence-corrected chi connectivity index (χ3v) is 4.20. The molecule has 0 fully saturated rings. The lowest BCUT2D eigenvalue weighted by molar-refractivity contribution is -0.141. The Kier molecular flexibility index (Phi) is 7.30. The molecule has 1 amide bonds. The molecular formula is C19H19Cl2NO4. The van der Waals surface area contributed by atoms with E-state index in [-0.39, 0.29) is 18.9 Å². The Hall–Kier alpha value is -2.24. The van der Waals surface area contributed by atoms with Gasteiger partial charge in [-0.3, -0.25) is 9.59 Å². The van der Waals surface area contributed by atoms with Crippen molar-refractivity contribution in [3.63, 3.8) is 0 Å². The Labute approximate surface area is 162 Å². The lowest BCUT2D eigenvalue weighted by Crippen LogP contribution is -2.34. The summed E-state index contributed by atoms with van der Waals surface area (Å²) in [4.78, 5) is 23.9. The molecule has 2 aromatic rings. The van der Waals surface area contributed by atoms with E-state index in [1.165, 1.54) is 13.2 Å². The highest BCUT2D eigenvalue weighted by Gasteiger charge is 2.19. The summed E-state index contributed by atoms with van der Waals surface area (Å²) in [6, 6.07) is 11.8. The van der Waals surface area contributed by atoms with Gasteiger partial charge in [0.1, 0.15) is 5.75 Å². The van der Waals surface area contributed by atoms with Crippen molar-refractivity contribution in [2.75, 3.05) is 13.7 Å². The van der Waals surface area contributed by atoms with Gasteiger partial charge in [0.2, 0.25) is 0 Å². The zero-order valence-electron chi connectivity index (χ0n) is 14.4. The first kappa shape index (κ1) is 20.1. The Morgan fingerprint density at radius 1 is 1.12 bits per heavy atom. The standard InChI is InChI=1S/C19H19Cl2NO4/c1-12-3-5-13(6-4-12)16(10-19(24)25-2)22-18(23)11-26-17-8-7-14(20)9-15(17)21/h3-9,16H,10-11H2,1-2H3,(H,22,23). The minimum atomic E-state index is -0.514. The molecule has 26 heavy (non-hydrogen) atoms. The van der Waals surface area contributed by atoms with Crippen LogP contribution < -0.4 is 10.1 Å². The van der Waals surface area contributed by atoms with Gasteiger partial charge in [0.25, 0.3) is 5.91 Å². The summed E-state index contributed by atoms with van der Waals surface area (Å²) in [6.07, 6.45) is 0.0208. The number of rotatable bonds is 7. The van der Waals surface area contributed by atoms with E-state index >= 15 is 0 Å². The first-order chi connectivity index (χ1) is 12.4. The number of esters is 1. The Bertz CT molecular complexity index is 778. The maximum Gasteiger partial charge on any atom is 0.307 e. The summed E-state index contributed by atoms with van der Waals surface area (Å²) in [5.74, 6) is -0.450. The van der Waals surface area contributed by atoms with Gasteiger partial charge in [-0.05, 0) is 30.7 Å². The van der Waals surface area contributed by atoms with Gasteiger partial charge < -0.3 is 14.8 Å². The zero-order chi connectivity index (χ0) is 19.1. The highest BCUT2D eigenvalue weighted by Crippen LogP contribution is 2.27. The van der Waals surface area contributed by atoms with E-state index in [9.17, 15) is 9.59 Å². The normalized spacial score (nSPS) is 11.5. The molecule has 2 rings (SSSR count). The molecule has 1 atom stereocenters. The van der Waals surface area contributed by atoms with E-state index in [4.69, 9.17) is 32.7 Å². The second-order valence-corrected chi connectivity index (χ2v) is 6.52. The van der Waals surface area contributed by atoms with Crippen LogP contribution in [0.1, 0.15) is 23.6 Å². The summed E-state index contributed by atoms with van der Waals surface area (Å²) in [6.45, 7) is 1.71. The molecule has 0 saturated carbocycles. The highest BCUT2D eigenvalue weighted by atomic mass is 35.5. The van der Waals surface area contributed by atoms with Crippen LogP contribution in [0.2, 0.25) is 10.0 Å². The average Bonchev–Trinajstić information content (AvgIpc) is 2.61. The van der Waals surface area contributed by atoms with Gasteiger partial charge in [-0.15, -0.1) is 0 Å². The maximum absolute atomic E-state index is 12.3. The molecule has 138 valence electrons. The summed E-state index contributed by atoms with van der Waals surface area (Å²) >= 11 is 11.8. The van der Waals surface area contributed by atoms with Crippen LogP contribution in [0.5, 0.6) is 5.75 Å². The molecule has 0 spiro atoms. The summed E-state index contributed by atoms with van der Waals surface area (Å²) in [7, 11) is 1.31. The minimum absolute atomic E-state index is 0.0208. The average molecular weight is 396 g/mol. The molecule has 0 radical (unpaired) electrons. The van der Waals surface area contributed by atoms with Crippen molar-refractivity contribution < 1.29 is 19.1 Å². The molecule has 1 N–H and O–H groups in total. The number of hydrogen-bond donors (Lipinski definition) is 1. The van der Waals surface area contributed by atoms with Crippen LogP contribution in [0.3, 0.4) is 0 Å². The molecule has 1 unspecified atom stereocenters. The van der Waals surface area contributed by atoms with Crippen LogP contribution in [0.25, 0.3) is 0 Å². The lowest BCUT2D eigenvalue weighted by Gasteiger charge is -2.19. The predicted octanol–water partition coefficient (Wildman–Crippen LogP) is 4.10. The van der Waals surface area contributed by atoms with E-state index in [0.717, 1.165) is 11.1 Å². The molecule has 0 saturated heterocycles. The van der Waals surface area contributed by atoms with Gasteiger partial charge in [-0.2, -0.15) is 0 Å². The van der Waals surface area contributed by atoms with Crippen molar-refractivity contribution in [2.45, 2.75) is 19.4 Å². The zero-order valence-corrected chi connectivity index (χ0v) is 15.9. The van der Waals surface area contributed by atoms with E-state index in [0.29, 0.717) is 15.8 Å². The number of halogens is 2. The number of benzene rings is 2. The Morgan fingerprint density at radius 3 is 2.42 bits per heavy atom. The largest absolute Gasteiger partial charge is 0.482 e. The first-order valence-electron chi connectivity index (χ1n) is 7.89. The molecule has 5 nitrogen and oxygen atoms in total. The van der Waals surface area contributed by atoms with E-state index in [1.54, 1.807) is 12.1 Å². The van der Waals surface area contributed by atoms with Crippen LogP contribution in [-0.2, 0) is 14.3 Å². The van der Waals surface area contributed by atoms with Gasteiger partial charge in [0.05, 0.1) is 24.6 Å². The van der Waals surface area contributed by atoms with E-state index < -0.39 is 12.0 Å². The van der Waals surface area contributed by atoms with Gasteiger partial charge in [0.15, 0.2) is 6.61 Å². The fourth-order valence-electron chi connectivity index (χ4n) is 2.27. The molecule has 0 aliphatic carbocycles. The number of nitrogens with one attached hydrogen (secondary N) is 1. The van der Waals surface area contributed by atoms with Crippen LogP contribution in [0, 0.1) is 6.92 Å². The topological polar surface area (TPSA) is 64.6 Å². The SMILES string of the molecule is COC(=O)CC(NC(=O)COc1ccc(Cl)cc1Cl)c1ccc(C)cc1. The molecular weight excluding hydrogens is 377 g/mol. The van der Waals surface area contributed by atoms with Gasteiger partial charge in [0, 0.05) is 5.02 Å². The molecule has 0 aromatic heterocycles. The van der Waals surface area contributed by atoms with Gasteiger partial charge in [-0.1, -0.05) is 53.0 Å². The number of methoxy groups -OCH3 is 1. The number of hydrogen-bond acceptors (Lipinski definition) is 4. The number of carbonyl (C=O) groups excluding carboxylic acids is 2. The van der Waals surface area contributed by atoms with E-state index in [2.05, 4.69) is 5.32 Å². The number of aryl methyl sites for hydroxylation is 1. The monoisotopic (exact) mass is 395 g/mol.